The summed E-state index contributed by atoms with van der Waals surface area (Å²) in [5.41, 5.74) is 12.5. The van der Waals surface area contributed by atoms with Crippen molar-refractivity contribution in [3.63, 3.8) is 0 Å². The fraction of sp³-hybridized carbons (Fsp3) is 0.364. The number of amides is 4. The Balaban J connectivity index is 0.000000210. The molecule has 3 aromatic rings. The Hall–Kier alpha value is -4.37. The number of aliphatic hydroxyl groups excluding tert-OH is 2. The molecule has 274 valence electrons. The Morgan fingerprint density at radius 3 is 1.70 bits per heavy atom. The van der Waals surface area contributed by atoms with E-state index >= 15 is 0 Å². The van der Waals surface area contributed by atoms with Crippen molar-refractivity contribution in [2.45, 2.75) is 64.5 Å². The van der Waals surface area contributed by atoms with Gasteiger partial charge in [-0.3, -0.25) is 19.2 Å². The Labute approximate surface area is 329 Å². The maximum Gasteiger partial charge on any atom is 1.00 e. The predicted octanol–water partition coefficient (Wildman–Crippen LogP) is -3.31. The molecule has 0 radical (unpaired) electrons. The third-order valence-corrected chi connectivity index (χ3v) is 11.3. The Bertz CT molecular complexity index is 2160. The minimum atomic E-state index is -1.44. The van der Waals surface area contributed by atoms with E-state index in [-0.39, 0.29) is 77.1 Å². The summed E-state index contributed by atoms with van der Waals surface area (Å²) in [6.07, 6.45) is -1.10. The zero-order valence-corrected chi connectivity index (χ0v) is 32.3. The van der Waals surface area contributed by atoms with E-state index in [1.54, 1.807) is 16.8 Å². The fourth-order valence-corrected chi connectivity index (χ4v) is 8.54. The van der Waals surface area contributed by atoms with Gasteiger partial charge < -0.3 is 55.0 Å². The number of carbonyl (C=O) groups is 6. The molecule has 20 heteroatoms. The van der Waals surface area contributed by atoms with E-state index in [1.807, 2.05) is 0 Å². The number of aliphatic hydroxyl groups is 2. The summed E-state index contributed by atoms with van der Waals surface area (Å²) < 4.78 is 14.8. The number of carboxylic acid groups (broad SMARTS) is 1. The monoisotopic (exact) mass is 778 g/mol. The van der Waals surface area contributed by atoms with Crippen LogP contribution in [0.1, 0.15) is 68.7 Å². The Kier molecular flexibility index (Phi) is 11.4. The van der Waals surface area contributed by atoms with Crippen LogP contribution < -0.4 is 52.0 Å². The van der Waals surface area contributed by atoms with Gasteiger partial charge in [0.25, 0.3) is 11.8 Å². The number of hydrogen-bond acceptors (Lipinski definition) is 15. The van der Waals surface area contributed by atoms with Gasteiger partial charge in [-0.15, -0.1) is 22.7 Å². The first kappa shape index (κ1) is 39.8. The van der Waals surface area contributed by atoms with Crippen LogP contribution in [0.4, 0.5) is 0 Å². The van der Waals surface area contributed by atoms with E-state index in [1.165, 1.54) is 36.6 Å². The molecule has 0 aromatic carbocycles. The summed E-state index contributed by atoms with van der Waals surface area (Å²) in [7, 11) is 0. The number of β-lactam (4-membered cyclic amide) rings is 2. The summed E-state index contributed by atoms with van der Waals surface area (Å²) in [6, 6.07) is 2.30. The molecule has 53 heavy (non-hydrogen) atoms. The molecule has 4 amide bonds. The first-order chi connectivity index (χ1) is 24.5. The van der Waals surface area contributed by atoms with E-state index in [4.69, 9.17) is 25.0 Å². The zero-order chi connectivity index (χ0) is 37.9. The van der Waals surface area contributed by atoms with Crippen molar-refractivity contribution in [1.82, 2.24) is 9.80 Å². The Morgan fingerprint density at radius 2 is 1.32 bits per heavy atom. The van der Waals surface area contributed by atoms with Crippen LogP contribution in [0.15, 0.2) is 47.9 Å². The Morgan fingerprint density at radius 1 is 0.868 bits per heavy atom. The molecule has 2 saturated heterocycles. The van der Waals surface area contributed by atoms with Crippen LogP contribution in [0.25, 0.3) is 11.1 Å². The molecular formula is C33H31N4NaO13S2. The number of fused-ring (bicyclic) bond motifs is 2. The second-order valence-corrected chi connectivity index (χ2v) is 14.4. The minimum absolute atomic E-state index is 0. The topological polar surface area (TPSA) is 277 Å². The van der Waals surface area contributed by atoms with E-state index in [9.17, 15) is 48.9 Å². The normalized spacial score (nSPS) is 22.5. The van der Waals surface area contributed by atoms with Crippen molar-refractivity contribution in [1.29, 1.82) is 0 Å². The van der Waals surface area contributed by atoms with Gasteiger partial charge in [-0.05, 0) is 78.8 Å². The number of thiophene rings is 2. The van der Waals surface area contributed by atoms with Gasteiger partial charge >= 0.3 is 41.3 Å². The van der Waals surface area contributed by atoms with Crippen LogP contribution in [0.3, 0.4) is 0 Å². The van der Waals surface area contributed by atoms with Gasteiger partial charge in [0.1, 0.15) is 5.70 Å². The number of hydrogen-bond donors (Lipinski definition) is 4. The minimum Gasteiger partial charge on any atom is -0.543 e. The molecule has 17 nitrogen and oxygen atoms in total. The van der Waals surface area contributed by atoms with Gasteiger partial charge in [0.15, 0.2) is 18.1 Å². The largest absolute Gasteiger partial charge is 1.00 e. The molecule has 4 aliphatic rings. The first-order valence-corrected chi connectivity index (χ1v) is 17.5. The van der Waals surface area contributed by atoms with Crippen LogP contribution >= 0.6 is 22.7 Å². The van der Waals surface area contributed by atoms with Crippen molar-refractivity contribution in [3.05, 3.63) is 77.3 Å². The molecule has 7 rings (SSSR count). The van der Waals surface area contributed by atoms with Gasteiger partial charge in [-0.2, -0.15) is 0 Å². The van der Waals surface area contributed by atoms with Crippen LogP contribution in [-0.2, 0) is 30.5 Å². The van der Waals surface area contributed by atoms with Crippen LogP contribution in [0.5, 0.6) is 0 Å². The van der Waals surface area contributed by atoms with Crippen molar-refractivity contribution in [3.8, 4) is 0 Å². The second-order valence-electron chi connectivity index (χ2n) is 12.6. The number of aliphatic carboxylic acids is 1. The summed E-state index contributed by atoms with van der Waals surface area (Å²) in [6.45, 7) is 4.17. The number of primary amides is 2. The first-order valence-electron chi connectivity index (χ1n) is 15.8. The molecule has 6 atom stereocenters. The number of aryl methyl sites for hydroxylation is 1. The number of carboxylic acids is 1. The number of ether oxygens (including phenoxy) is 1. The number of rotatable bonds is 10. The maximum atomic E-state index is 12.9. The third kappa shape index (κ3) is 7.05. The maximum absolute atomic E-state index is 12.9. The van der Waals surface area contributed by atoms with Crippen molar-refractivity contribution < 1.29 is 87.2 Å². The van der Waals surface area contributed by atoms with Gasteiger partial charge in [0.05, 0.1) is 57.5 Å². The fourth-order valence-electron chi connectivity index (χ4n) is 6.99. The molecule has 4 aliphatic heterocycles. The molecule has 2 fully saturated rings. The van der Waals surface area contributed by atoms with Gasteiger partial charge in [-0.25, -0.2) is 9.59 Å². The molecule has 0 unspecified atom stereocenters. The van der Waals surface area contributed by atoms with Crippen LogP contribution in [0.2, 0.25) is 0 Å². The quantitative estimate of drug-likeness (QED) is 0.0893. The standard InChI is InChI=1S/C19H18N2O8S.C14H14N2O5S.Na/c1-7(22)14-11-4-10(9-3-13(16(20)23)30-6-9)15(21(11)17(14)24)18(25)27-5-12-8(2)28-19(26)29-12;1-5(17)10-8-3-7(6-2-9(12(15)18)22-4-6)11(14(20)21)16(8)13(10)19;/h3,6-7,11,14,22H,4-5H2,1-2H3,(H2,20,23);2,4-5,8,10,17H,3H2,1H3,(H2,15,18)(H,20,21);/q;;+1/p-1/t7-,11-,14-;5-,8-,10-;/m11./s1. The summed E-state index contributed by atoms with van der Waals surface area (Å²) in [4.78, 5) is 85.9. The molecule has 0 saturated carbocycles. The summed E-state index contributed by atoms with van der Waals surface area (Å²) in [5.74, 6) is -6.12. The van der Waals surface area contributed by atoms with Crippen LogP contribution in [0, 0.1) is 18.8 Å². The van der Waals surface area contributed by atoms with Gasteiger partial charge in [0.2, 0.25) is 11.8 Å². The second kappa shape index (κ2) is 15.2. The van der Waals surface area contributed by atoms with Gasteiger partial charge in [-0.1, -0.05) is 0 Å². The van der Waals surface area contributed by atoms with Crippen molar-refractivity contribution in [2.24, 2.45) is 23.3 Å². The zero-order valence-electron chi connectivity index (χ0n) is 28.6. The van der Waals surface area contributed by atoms with E-state index in [0.29, 0.717) is 44.9 Å². The average Bonchev–Trinajstić information content (AvgIpc) is 3.88. The van der Waals surface area contributed by atoms with Crippen molar-refractivity contribution >= 4 is 69.4 Å². The molecule has 0 spiro atoms. The SMILES string of the molecule is C[C@@H](O)[C@H]1C(=O)N2C(C(=O)[O-])=C(c3csc(C(N)=O)c3)C[C@H]12.Cc1oc(=O)oc1COC(=O)C1=C(c2csc(C(N)=O)c2)C[C@@H]2[C@@H]([C@@H](C)O)C(=O)N12.[Na+]. The molecule has 6 N–H and O–H groups in total. The summed E-state index contributed by atoms with van der Waals surface area (Å²) in [5, 5.41) is 34.3. The van der Waals surface area contributed by atoms with E-state index < -0.39 is 59.5 Å². The molecule has 0 aliphatic carbocycles. The molecule has 0 bridgehead atoms. The number of esters is 1. The number of carbonyl (C=O) groups excluding carboxylic acids is 6. The molecule has 7 heterocycles. The van der Waals surface area contributed by atoms with Gasteiger partial charge in [0, 0.05) is 0 Å². The number of nitrogens with zero attached hydrogens (tertiary/aromatic N) is 2. The molecular weight excluding hydrogens is 748 g/mol. The molecule has 3 aromatic heterocycles. The average molecular weight is 779 g/mol. The van der Waals surface area contributed by atoms with Crippen LogP contribution in [-0.4, -0.2) is 79.9 Å². The van der Waals surface area contributed by atoms with E-state index in [0.717, 1.165) is 22.7 Å². The third-order valence-electron chi connectivity index (χ3n) is 9.40. The smallest absolute Gasteiger partial charge is 0.543 e. The van der Waals surface area contributed by atoms with E-state index in [2.05, 4.69) is 0 Å². The predicted molar refractivity (Wildman–Crippen MR) is 177 cm³/mol. The summed E-state index contributed by atoms with van der Waals surface area (Å²) >= 11 is 2.24. The van der Waals surface area contributed by atoms with Crippen molar-refractivity contribution in [2.75, 3.05) is 0 Å². The number of nitrogens with two attached hydrogens (primary N) is 2.